The van der Waals surface area contributed by atoms with Crippen molar-refractivity contribution in [2.24, 2.45) is 0 Å². The smallest absolute Gasteiger partial charge is 0.306 e. The van der Waals surface area contributed by atoms with Gasteiger partial charge in [-0.2, -0.15) is 0 Å². The summed E-state index contributed by atoms with van der Waals surface area (Å²) in [6.45, 7) is 7.99. The Morgan fingerprint density at radius 3 is 2.64 bits per heavy atom. The Kier molecular flexibility index (Phi) is 7.90. The maximum atomic E-state index is 11.0. The average Bonchev–Trinajstić information content (AvgIpc) is 2.16. The Morgan fingerprint density at radius 2 is 2.07 bits per heavy atom. The lowest BCUT2D eigenvalue weighted by molar-refractivity contribution is -0.143. The van der Waals surface area contributed by atoms with E-state index in [1.165, 1.54) is 5.57 Å². The predicted octanol–water partition coefficient (Wildman–Crippen LogP) is 3.24. The first-order chi connectivity index (χ1) is 6.70. The van der Waals surface area contributed by atoms with Gasteiger partial charge in [-0.1, -0.05) is 17.7 Å². The van der Waals surface area contributed by atoms with Crippen LogP contribution >= 0.6 is 0 Å². The lowest BCUT2D eigenvalue weighted by Gasteiger charge is -2.01. The highest BCUT2D eigenvalue weighted by Gasteiger charge is 2.00. The molecule has 0 atom stereocenters. The minimum absolute atomic E-state index is 0.107. The van der Waals surface area contributed by atoms with Gasteiger partial charge < -0.3 is 4.74 Å². The van der Waals surface area contributed by atoms with E-state index in [4.69, 9.17) is 4.74 Å². The summed E-state index contributed by atoms with van der Waals surface area (Å²) in [5, 5.41) is 0. The highest BCUT2D eigenvalue weighted by molar-refractivity contribution is 5.69. The van der Waals surface area contributed by atoms with Gasteiger partial charge in [0.1, 0.15) is 0 Å². The van der Waals surface area contributed by atoms with E-state index in [0.29, 0.717) is 13.0 Å². The first-order valence-corrected chi connectivity index (χ1v) is 5.12. The summed E-state index contributed by atoms with van der Waals surface area (Å²) < 4.78 is 4.84. The molecular weight excluding hydrogens is 176 g/mol. The molecule has 0 saturated heterocycles. The van der Waals surface area contributed by atoms with Gasteiger partial charge in [0.2, 0.25) is 0 Å². The molecule has 0 heterocycles. The number of ether oxygens (including phenoxy) is 1. The van der Waals surface area contributed by atoms with E-state index in [-0.39, 0.29) is 5.97 Å². The minimum Gasteiger partial charge on any atom is -0.466 e. The maximum Gasteiger partial charge on any atom is 0.306 e. The lowest BCUT2D eigenvalue weighted by Crippen LogP contribution is -2.03. The monoisotopic (exact) mass is 196 g/mol. The summed E-state index contributed by atoms with van der Waals surface area (Å²) in [4.78, 5) is 11.0. The molecule has 0 aromatic carbocycles. The van der Waals surface area contributed by atoms with Gasteiger partial charge in [-0.3, -0.25) is 4.79 Å². The van der Waals surface area contributed by atoms with Gasteiger partial charge in [-0.15, -0.1) is 6.58 Å². The quantitative estimate of drug-likeness (QED) is 0.355. The van der Waals surface area contributed by atoms with E-state index < -0.39 is 0 Å². The van der Waals surface area contributed by atoms with Crippen molar-refractivity contribution in [2.45, 2.75) is 39.5 Å². The molecule has 0 N–H and O–H groups in total. The van der Waals surface area contributed by atoms with Gasteiger partial charge in [0.25, 0.3) is 0 Å². The molecule has 0 spiro atoms. The van der Waals surface area contributed by atoms with Crippen LogP contribution in [0.15, 0.2) is 24.3 Å². The molecule has 14 heavy (non-hydrogen) atoms. The summed E-state index contributed by atoms with van der Waals surface area (Å²) in [5.74, 6) is -0.107. The summed E-state index contributed by atoms with van der Waals surface area (Å²) in [5.41, 5.74) is 1.25. The van der Waals surface area contributed by atoms with E-state index in [9.17, 15) is 4.79 Å². The van der Waals surface area contributed by atoms with Gasteiger partial charge in [0.05, 0.1) is 6.61 Å². The first-order valence-electron chi connectivity index (χ1n) is 5.12. The molecule has 0 aliphatic rings. The van der Waals surface area contributed by atoms with Gasteiger partial charge >= 0.3 is 5.97 Å². The summed E-state index contributed by atoms with van der Waals surface area (Å²) in [7, 11) is 0. The zero-order valence-corrected chi connectivity index (χ0v) is 9.21. The number of hydrogen-bond acceptors (Lipinski definition) is 2. The van der Waals surface area contributed by atoms with Crippen molar-refractivity contribution in [3.05, 3.63) is 24.3 Å². The third kappa shape index (κ3) is 7.59. The van der Waals surface area contributed by atoms with Crippen LogP contribution in [0, 0.1) is 0 Å². The molecule has 0 bridgehead atoms. The second kappa shape index (κ2) is 8.54. The third-order valence-electron chi connectivity index (χ3n) is 1.89. The summed E-state index contributed by atoms with van der Waals surface area (Å²) in [6, 6.07) is 0. The number of carbonyl (C=O) groups is 1. The van der Waals surface area contributed by atoms with Crippen LogP contribution in [0.3, 0.4) is 0 Å². The van der Waals surface area contributed by atoms with Crippen LogP contribution in [0.25, 0.3) is 0 Å². The van der Waals surface area contributed by atoms with Crippen LogP contribution in [0.1, 0.15) is 39.5 Å². The Morgan fingerprint density at radius 1 is 1.36 bits per heavy atom. The van der Waals surface area contributed by atoms with Gasteiger partial charge in [-0.25, -0.2) is 0 Å². The van der Waals surface area contributed by atoms with Crippen molar-refractivity contribution < 1.29 is 9.53 Å². The zero-order chi connectivity index (χ0) is 10.8. The predicted molar refractivity (Wildman–Crippen MR) is 59.1 cm³/mol. The van der Waals surface area contributed by atoms with Gasteiger partial charge in [-0.05, 0) is 33.1 Å². The van der Waals surface area contributed by atoms with Crippen LogP contribution in [0.4, 0.5) is 0 Å². The van der Waals surface area contributed by atoms with Crippen molar-refractivity contribution >= 4 is 5.97 Å². The lowest BCUT2D eigenvalue weighted by atomic mass is 10.1. The Hall–Kier alpha value is -1.05. The maximum absolute atomic E-state index is 11.0. The fourth-order valence-electron chi connectivity index (χ4n) is 1.08. The van der Waals surface area contributed by atoms with Crippen molar-refractivity contribution in [1.29, 1.82) is 0 Å². The topological polar surface area (TPSA) is 26.3 Å². The Balaban J connectivity index is 3.61. The molecule has 80 valence electrons. The molecule has 2 heteroatoms. The highest BCUT2D eigenvalue weighted by atomic mass is 16.5. The number of hydrogen-bond donors (Lipinski definition) is 0. The largest absolute Gasteiger partial charge is 0.466 e. The van der Waals surface area contributed by atoms with E-state index in [1.807, 2.05) is 19.9 Å². The third-order valence-corrected chi connectivity index (χ3v) is 1.89. The average molecular weight is 196 g/mol. The molecule has 0 fully saturated rings. The number of rotatable bonds is 7. The Bertz CT molecular complexity index is 204. The van der Waals surface area contributed by atoms with Crippen LogP contribution in [-0.4, -0.2) is 12.6 Å². The molecule has 0 aromatic heterocycles. The standard InChI is InChI=1S/C12H20O2/c1-4-6-7-8-11(3)9-10-12(13)14-5-2/h4,8H,1,5-7,9-10H2,2-3H3/b11-8+. The first kappa shape index (κ1) is 12.9. The van der Waals surface area contributed by atoms with Crippen LogP contribution in [0.5, 0.6) is 0 Å². The fourth-order valence-corrected chi connectivity index (χ4v) is 1.08. The number of carbonyl (C=O) groups excluding carboxylic acids is 1. The number of esters is 1. The molecule has 0 rings (SSSR count). The molecule has 0 aliphatic heterocycles. The van der Waals surface area contributed by atoms with Crippen molar-refractivity contribution in [1.82, 2.24) is 0 Å². The SMILES string of the molecule is C=CCC/C=C(\C)CCC(=O)OCC. The second-order valence-corrected chi connectivity index (χ2v) is 3.22. The molecule has 0 aliphatic carbocycles. The molecular formula is C12H20O2. The zero-order valence-electron chi connectivity index (χ0n) is 9.21. The normalized spacial score (nSPS) is 11.1. The fraction of sp³-hybridized carbons (Fsp3) is 0.583. The second-order valence-electron chi connectivity index (χ2n) is 3.22. The van der Waals surface area contributed by atoms with Crippen molar-refractivity contribution in [2.75, 3.05) is 6.61 Å². The summed E-state index contributed by atoms with van der Waals surface area (Å²) >= 11 is 0. The molecule has 0 amide bonds. The van der Waals surface area contributed by atoms with E-state index >= 15 is 0 Å². The Labute approximate surface area is 86.6 Å². The van der Waals surface area contributed by atoms with Gasteiger partial charge in [0, 0.05) is 6.42 Å². The van der Waals surface area contributed by atoms with Crippen molar-refractivity contribution in [3.8, 4) is 0 Å². The van der Waals surface area contributed by atoms with Crippen LogP contribution in [0.2, 0.25) is 0 Å². The molecule has 2 nitrogen and oxygen atoms in total. The van der Waals surface area contributed by atoms with Crippen LogP contribution < -0.4 is 0 Å². The molecule has 0 unspecified atom stereocenters. The van der Waals surface area contributed by atoms with E-state index in [2.05, 4.69) is 12.7 Å². The molecule has 0 saturated carbocycles. The molecule has 0 radical (unpaired) electrons. The minimum atomic E-state index is -0.107. The molecule has 0 aromatic rings. The summed E-state index contributed by atoms with van der Waals surface area (Å²) in [6.07, 6.45) is 7.35. The van der Waals surface area contributed by atoms with Crippen molar-refractivity contribution in [3.63, 3.8) is 0 Å². The van der Waals surface area contributed by atoms with Gasteiger partial charge in [0.15, 0.2) is 0 Å². The number of allylic oxidation sites excluding steroid dienone is 3. The number of unbranched alkanes of at least 4 members (excludes halogenated alkanes) is 1. The van der Waals surface area contributed by atoms with E-state index in [0.717, 1.165) is 19.3 Å². The van der Waals surface area contributed by atoms with Crippen LogP contribution in [-0.2, 0) is 9.53 Å². The highest BCUT2D eigenvalue weighted by Crippen LogP contribution is 2.07. The van der Waals surface area contributed by atoms with E-state index in [1.54, 1.807) is 0 Å².